The van der Waals surface area contributed by atoms with Gasteiger partial charge in [0.1, 0.15) is 6.33 Å². The summed E-state index contributed by atoms with van der Waals surface area (Å²) in [6, 6.07) is 12.0. The number of nitrogens with zero attached hydrogens (tertiary/aromatic N) is 2. The number of thiophene rings is 1. The summed E-state index contributed by atoms with van der Waals surface area (Å²) in [7, 11) is 0. The molecule has 3 aromatic rings. The maximum Gasteiger partial charge on any atom is 0.151 e. The van der Waals surface area contributed by atoms with Gasteiger partial charge in [-0.15, -0.1) is 11.3 Å². The second-order valence-corrected chi connectivity index (χ2v) is 4.26. The molecule has 3 rings (SSSR count). The molecule has 0 radical (unpaired) electrons. The van der Waals surface area contributed by atoms with Gasteiger partial charge in [0.15, 0.2) is 5.82 Å². The molecule has 4 heteroatoms. The molecule has 0 spiro atoms. The van der Waals surface area contributed by atoms with Gasteiger partial charge in [0.2, 0.25) is 0 Å². The van der Waals surface area contributed by atoms with Crippen molar-refractivity contribution in [1.82, 2.24) is 9.97 Å². The van der Waals surface area contributed by atoms with Crippen molar-refractivity contribution in [3.8, 4) is 0 Å². The molecule has 0 amide bonds. The molecule has 1 N–H and O–H groups in total. The largest absolute Gasteiger partial charge is 0.339 e. The number of rotatable bonds is 2. The Hall–Kier alpha value is -1.94. The molecule has 0 aliphatic heterocycles. The summed E-state index contributed by atoms with van der Waals surface area (Å²) in [5, 5.41) is 5.32. The zero-order valence-corrected chi connectivity index (χ0v) is 9.24. The van der Waals surface area contributed by atoms with Gasteiger partial charge in [0.05, 0.1) is 10.2 Å². The average molecular weight is 227 g/mol. The van der Waals surface area contributed by atoms with Crippen LogP contribution in [0.25, 0.3) is 10.2 Å². The van der Waals surface area contributed by atoms with E-state index in [9.17, 15) is 0 Å². The van der Waals surface area contributed by atoms with Gasteiger partial charge in [0.25, 0.3) is 0 Å². The Kier molecular flexibility index (Phi) is 2.27. The highest BCUT2D eigenvalue weighted by molar-refractivity contribution is 7.17. The summed E-state index contributed by atoms with van der Waals surface area (Å²) in [6.07, 6.45) is 1.58. The van der Waals surface area contributed by atoms with Crippen LogP contribution in [0.4, 0.5) is 11.5 Å². The number of benzene rings is 1. The van der Waals surface area contributed by atoms with E-state index in [1.807, 2.05) is 41.8 Å². The Balaban J connectivity index is 2.04. The smallest absolute Gasteiger partial charge is 0.151 e. The predicted octanol–water partition coefficient (Wildman–Crippen LogP) is 3.43. The van der Waals surface area contributed by atoms with Crippen molar-refractivity contribution in [2.24, 2.45) is 0 Å². The van der Waals surface area contributed by atoms with Gasteiger partial charge in [-0.05, 0) is 23.6 Å². The van der Waals surface area contributed by atoms with E-state index in [0.717, 1.165) is 21.7 Å². The van der Waals surface area contributed by atoms with Crippen molar-refractivity contribution in [2.75, 3.05) is 5.32 Å². The van der Waals surface area contributed by atoms with E-state index < -0.39 is 0 Å². The molecule has 0 aliphatic carbocycles. The summed E-state index contributed by atoms with van der Waals surface area (Å²) >= 11 is 1.65. The molecular formula is C12H9N3S. The van der Waals surface area contributed by atoms with Crippen LogP contribution in [0.3, 0.4) is 0 Å². The molecule has 0 saturated carbocycles. The Bertz CT molecular complexity index is 604. The van der Waals surface area contributed by atoms with Crippen molar-refractivity contribution in [3.05, 3.63) is 48.1 Å². The van der Waals surface area contributed by atoms with Gasteiger partial charge in [-0.3, -0.25) is 0 Å². The van der Waals surface area contributed by atoms with E-state index in [2.05, 4.69) is 15.3 Å². The third-order valence-corrected chi connectivity index (χ3v) is 3.19. The molecule has 2 aromatic heterocycles. The molecule has 1 aromatic carbocycles. The lowest BCUT2D eigenvalue weighted by Gasteiger charge is -2.05. The van der Waals surface area contributed by atoms with Crippen molar-refractivity contribution in [3.63, 3.8) is 0 Å². The van der Waals surface area contributed by atoms with Gasteiger partial charge in [-0.2, -0.15) is 0 Å². The second-order valence-electron chi connectivity index (χ2n) is 3.35. The van der Waals surface area contributed by atoms with Crippen molar-refractivity contribution >= 4 is 33.1 Å². The lowest BCUT2D eigenvalue weighted by molar-refractivity contribution is 1.23. The van der Waals surface area contributed by atoms with Crippen LogP contribution in [-0.2, 0) is 0 Å². The van der Waals surface area contributed by atoms with Crippen LogP contribution in [0.15, 0.2) is 48.1 Å². The zero-order valence-electron chi connectivity index (χ0n) is 8.42. The molecule has 0 unspecified atom stereocenters. The molecule has 3 nitrogen and oxygen atoms in total. The Labute approximate surface area is 96.8 Å². The highest BCUT2D eigenvalue weighted by Gasteiger charge is 2.04. The second kappa shape index (κ2) is 3.90. The minimum absolute atomic E-state index is 0.867. The van der Waals surface area contributed by atoms with E-state index >= 15 is 0 Å². The van der Waals surface area contributed by atoms with Gasteiger partial charge < -0.3 is 5.32 Å². The lowest BCUT2D eigenvalue weighted by atomic mass is 10.3. The summed E-state index contributed by atoms with van der Waals surface area (Å²) in [4.78, 5) is 8.47. The zero-order chi connectivity index (χ0) is 10.8. The predicted molar refractivity (Wildman–Crippen MR) is 67.1 cm³/mol. The summed E-state index contributed by atoms with van der Waals surface area (Å²) in [5.74, 6) is 0.867. The topological polar surface area (TPSA) is 37.8 Å². The van der Waals surface area contributed by atoms with Crippen LogP contribution in [0.2, 0.25) is 0 Å². The Morgan fingerprint density at radius 3 is 2.75 bits per heavy atom. The minimum Gasteiger partial charge on any atom is -0.339 e. The number of para-hydroxylation sites is 1. The third kappa shape index (κ3) is 1.63. The van der Waals surface area contributed by atoms with Crippen molar-refractivity contribution in [1.29, 1.82) is 0 Å². The first kappa shape index (κ1) is 9.30. The molecule has 2 heterocycles. The van der Waals surface area contributed by atoms with Crippen LogP contribution >= 0.6 is 11.3 Å². The molecule has 16 heavy (non-hydrogen) atoms. The number of hydrogen-bond donors (Lipinski definition) is 1. The normalized spacial score (nSPS) is 10.5. The highest BCUT2D eigenvalue weighted by atomic mass is 32.1. The average Bonchev–Trinajstić information content (AvgIpc) is 2.80. The number of fused-ring (bicyclic) bond motifs is 1. The van der Waals surface area contributed by atoms with E-state index in [-0.39, 0.29) is 0 Å². The van der Waals surface area contributed by atoms with Gasteiger partial charge in [-0.25, -0.2) is 9.97 Å². The minimum atomic E-state index is 0.867. The highest BCUT2D eigenvalue weighted by Crippen LogP contribution is 2.26. The number of aromatic nitrogens is 2. The van der Waals surface area contributed by atoms with Gasteiger partial charge in [0, 0.05) is 5.69 Å². The van der Waals surface area contributed by atoms with Crippen LogP contribution < -0.4 is 5.32 Å². The number of hydrogen-bond acceptors (Lipinski definition) is 4. The van der Waals surface area contributed by atoms with Crippen molar-refractivity contribution < 1.29 is 0 Å². The first-order valence-electron chi connectivity index (χ1n) is 4.94. The molecule has 0 fully saturated rings. The first-order valence-corrected chi connectivity index (χ1v) is 5.82. The molecule has 78 valence electrons. The van der Waals surface area contributed by atoms with E-state index in [1.54, 1.807) is 17.7 Å². The van der Waals surface area contributed by atoms with Crippen LogP contribution in [0, 0.1) is 0 Å². The van der Waals surface area contributed by atoms with Gasteiger partial charge >= 0.3 is 0 Å². The van der Waals surface area contributed by atoms with Crippen molar-refractivity contribution in [2.45, 2.75) is 0 Å². The Morgan fingerprint density at radius 1 is 1.00 bits per heavy atom. The summed E-state index contributed by atoms with van der Waals surface area (Å²) < 4.78 is 1.09. The maximum atomic E-state index is 4.26. The standard InChI is InChI=1S/C12H9N3S/c1-2-4-9(5-3-1)15-12-11-10(6-7-16-11)13-8-14-12/h1-8H,(H,13,14,15). The molecule has 0 saturated heterocycles. The molecule has 0 atom stereocenters. The molecule has 0 aliphatic rings. The Morgan fingerprint density at radius 2 is 1.88 bits per heavy atom. The van der Waals surface area contributed by atoms with E-state index in [1.165, 1.54) is 0 Å². The number of anilines is 2. The fraction of sp³-hybridized carbons (Fsp3) is 0. The van der Waals surface area contributed by atoms with Crippen LogP contribution in [-0.4, -0.2) is 9.97 Å². The molecular weight excluding hydrogens is 218 g/mol. The van der Waals surface area contributed by atoms with Gasteiger partial charge in [-0.1, -0.05) is 18.2 Å². The maximum absolute atomic E-state index is 4.26. The van der Waals surface area contributed by atoms with E-state index in [0.29, 0.717) is 0 Å². The fourth-order valence-corrected chi connectivity index (χ4v) is 2.33. The quantitative estimate of drug-likeness (QED) is 0.728. The summed E-state index contributed by atoms with van der Waals surface area (Å²) in [5.41, 5.74) is 2.02. The molecule has 0 bridgehead atoms. The van der Waals surface area contributed by atoms with Crippen LogP contribution in [0.1, 0.15) is 0 Å². The summed E-state index contributed by atoms with van der Waals surface area (Å²) in [6.45, 7) is 0. The first-order chi connectivity index (χ1) is 7.93. The monoisotopic (exact) mass is 227 g/mol. The van der Waals surface area contributed by atoms with Crippen LogP contribution in [0.5, 0.6) is 0 Å². The SMILES string of the molecule is c1ccc(Nc2ncnc3ccsc23)cc1. The van der Waals surface area contributed by atoms with E-state index in [4.69, 9.17) is 0 Å². The third-order valence-electron chi connectivity index (χ3n) is 2.28. The fourth-order valence-electron chi connectivity index (χ4n) is 1.54. The lowest BCUT2D eigenvalue weighted by Crippen LogP contribution is -1.93. The number of nitrogens with one attached hydrogen (secondary N) is 1.